The molecule has 1 aromatic rings. The van der Waals surface area contributed by atoms with Crippen molar-refractivity contribution in [3.05, 3.63) is 29.6 Å². The molecule has 1 aliphatic carbocycles. The number of alkyl halides is 1. The molecule has 0 fully saturated rings. The summed E-state index contributed by atoms with van der Waals surface area (Å²) in [5, 5.41) is 0. The minimum atomic E-state index is -0.819. The number of rotatable bonds is 5. The molecule has 0 bridgehead atoms. The Bertz CT molecular complexity index is 380. The molecule has 0 amide bonds. The van der Waals surface area contributed by atoms with Crippen molar-refractivity contribution in [2.45, 2.75) is 51.6 Å². The smallest absolute Gasteiger partial charge is 0.126 e. The van der Waals surface area contributed by atoms with Gasteiger partial charge in [0.1, 0.15) is 6.17 Å². The molecule has 1 nitrogen and oxygen atoms in total. The van der Waals surface area contributed by atoms with Gasteiger partial charge in [0, 0.05) is 17.8 Å². The number of hydrogen-bond acceptors (Lipinski definition) is 0. The summed E-state index contributed by atoms with van der Waals surface area (Å²) in [6.07, 6.45) is 9.27. The van der Waals surface area contributed by atoms with Crippen LogP contribution in [0.1, 0.15) is 56.7 Å². The molecule has 1 heterocycles. The van der Waals surface area contributed by atoms with Crippen LogP contribution in [0.25, 0.3) is 6.08 Å². The van der Waals surface area contributed by atoms with Crippen LogP contribution in [0.2, 0.25) is 0 Å². The Morgan fingerprint density at radius 2 is 2.24 bits per heavy atom. The molecular weight excluding hydrogens is 213 g/mol. The van der Waals surface area contributed by atoms with Gasteiger partial charge < -0.3 is 4.98 Å². The van der Waals surface area contributed by atoms with Gasteiger partial charge in [-0.25, -0.2) is 4.39 Å². The highest BCUT2D eigenvalue weighted by molar-refractivity contribution is 5.55. The van der Waals surface area contributed by atoms with Crippen LogP contribution < -0.4 is 0 Å². The average Bonchev–Trinajstić information content (AvgIpc) is 2.80. The third-order valence-corrected chi connectivity index (χ3v) is 3.92. The van der Waals surface area contributed by atoms with Gasteiger partial charge in [-0.3, -0.25) is 0 Å². The van der Waals surface area contributed by atoms with E-state index >= 15 is 0 Å². The van der Waals surface area contributed by atoms with Crippen LogP contribution in [0.5, 0.6) is 0 Å². The van der Waals surface area contributed by atoms with Crippen LogP contribution in [-0.2, 0) is 0 Å². The Labute approximate surface area is 103 Å². The first kappa shape index (κ1) is 12.4. The maximum absolute atomic E-state index is 14.2. The van der Waals surface area contributed by atoms with Crippen molar-refractivity contribution in [2.24, 2.45) is 5.92 Å². The van der Waals surface area contributed by atoms with Gasteiger partial charge in [-0.1, -0.05) is 33.1 Å². The van der Waals surface area contributed by atoms with E-state index in [9.17, 15) is 4.39 Å². The second kappa shape index (κ2) is 5.52. The molecule has 3 unspecified atom stereocenters. The molecule has 0 aromatic carbocycles. The number of aromatic amines is 1. The molecule has 2 heteroatoms. The standard InChI is InChI=1S/C15H22FN/c1-3-5-6-11(4-2)15-12-9-10-17-14(12)8-7-13(15)16/h7-11,13,15,17H,3-6H2,1-2H3. The second-order valence-electron chi connectivity index (χ2n) is 4.99. The molecule has 0 saturated carbocycles. The summed E-state index contributed by atoms with van der Waals surface area (Å²) in [6, 6.07) is 2.05. The lowest BCUT2D eigenvalue weighted by Gasteiger charge is -2.30. The van der Waals surface area contributed by atoms with E-state index in [2.05, 4.69) is 18.8 Å². The number of hydrogen-bond donors (Lipinski definition) is 1. The van der Waals surface area contributed by atoms with E-state index in [0.29, 0.717) is 5.92 Å². The number of H-pyrrole nitrogens is 1. The lowest BCUT2D eigenvalue weighted by molar-refractivity contribution is 0.249. The largest absolute Gasteiger partial charge is 0.361 e. The molecule has 94 valence electrons. The number of fused-ring (bicyclic) bond motifs is 1. The Kier molecular flexibility index (Phi) is 4.03. The number of allylic oxidation sites excluding steroid dienone is 1. The van der Waals surface area contributed by atoms with Crippen LogP contribution in [0, 0.1) is 5.92 Å². The first-order valence-corrected chi connectivity index (χ1v) is 6.77. The van der Waals surface area contributed by atoms with Crippen LogP contribution in [0.4, 0.5) is 4.39 Å². The minimum absolute atomic E-state index is 0.0535. The van der Waals surface area contributed by atoms with E-state index in [-0.39, 0.29) is 5.92 Å². The first-order valence-electron chi connectivity index (χ1n) is 6.77. The van der Waals surface area contributed by atoms with Crippen LogP contribution in [-0.4, -0.2) is 11.2 Å². The highest BCUT2D eigenvalue weighted by Gasteiger charge is 2.32. The first-order chi connectivity index (χ1) is 8.27. The van der Waals surface area contributed by atoms with Crippen molar-refractivity contribution in [2.75, 3.05) is 0 Å². The van der Waals surface area contributed by atoms with Crippen LogP contribution in [0.15, 0.2) is 18.3 Å². The van der Waals surface area contributed by atoms with Crippen molar-refractivity contribution in [1.82, 2.24) is 4.98 Å². The summed E-state index contributed by atoms with van der Waals surface area (Å²) in [5.74, 6) is 0.516. The maximum Gasteiger partial charge on any atom is 0.126 e. The maximum atomic E-state index is 14.2. The monoisotopic (exact) mass is 235 g/mol. The van der Waals surface area contributed by atoms with Crippen molar-refractivity contribution < 1.29 is 4.39 Å². The van der Waals surface area contributed by atoms with E-state index in [0.717, 1.165) is 18.5 Å². The predicted molar refractivity (Wildman–Crippen MR) is 70.8 cm³/mol. The Hall–Kier alpha value is -1.05. The average molecular weight is 235 g/mol. The second-order valence-corrected chi connectivity index (χ2v) is 4.99. The van der Waals surface area contributed by atoms with Gasteiger partial charge in [0.05, 0.1) is 0 Å². The molecule has 0 radical (unpaired) electrons. The third-order valence-electron chi connectivity index (χ3n) is 3.92. The van der Waals surface area contributed by atoms with Crippen molar-refractivity contribution in [1.29, 1.82) is 0 Å². The lowest BCUT2D eigenvalue weighted by Crippen LogP contribution is -2.23. The minimum Gasteiger partial charge on any atom is -0.361 e. The van der Waals surface area contributed by atoms with Crippen molar-refractivity contribution in [3.8, 4) is 0 Å². The van der Waals surface area contributed by atoms with E-state index < -0.39 is 6.17 Å². The molecule has 2 rings (SSSR count). The number of halogens is 1. The summed E-state index contributed by atoms with van der Waals surface area (Å²) in [7, 11) is 0. The van der Waals surface area contributed by atoms with Gasteiger partial charge in [0.25, 0.3) is 0 Å². The van der Waals surface area contributed by atoms with Gasteiger partial charge in [-0.15, -0.1) is 0 Å². The van der Waals surface area contributed by atoms with Gasteiger partial charge >= 0.3 is 0 Å². The molecule has 0 spiro atoms. The zero-order chi connectivity index (χ0) is 12.3. The van der Waals surface area contributed by atoms with Crippen molar-refractivity contribution >= 4 is 6.08 Å². The summed E-state index contributed by atoms with van der Waals surface area (Å²) in [4.78, 5) is 3.19. The predicted octanol–water partition coefficient (Wildman–Crippen LogP) is 4.68. The molecule has 17 heavy (non-hydrogen) atoms. The van der Waals surface area contributed by atoms with Crippen LogP contribution in [0.3, 0.4) is 0 Å². The number of aromatic nitrogens is 1. The molecule has 1 aliphatic rings. The van der Waals surface area contributed by atoms with E-state index in [4.69, 9.17) is 0 Å². The fourth-order valence-electron chi connectivity index (χ4n) is 2.93. The number of nitrogens with one attached hydrogen (secondary N) is 1. The molecule has 3 atom stereocenters. The SMILES string of the molecule is CCCCC(CC)C1c2cc[nH]c2C=CC1F. The summed E-state index contributed by atoms with van der Waals surface area (Å²) < 4.78 is 14.2. The fraction of sp³-hybridized carbons (Fsp3) is 0.600. The highest BCUT2D eigenvalue weighted by atomic mass is 19.1. The number of unbranched alkanes of at least 4 members (excludes halogenated alkanes) is 1. The van der Waals surface area contributed by atoms with Gasteiger partial charge in [0.15, 0.2) is 0 Å². The quantitative estimate of drug-likeness (QED) is 0.762. The van der Waals surface area contributed by atoms with E-state index in [1.54, 1.807) is 6.08 Å². The Balaban J connectivity index is 2.20. The third kappa shape index (κ3) is 2.46. The Morgan fingerprint density at radius 1 is 1.41 bits per heavy atom. The summed E-state index contributed by atoms with van der Waals surface area (Å²) in [6.45, 7) is 4.37. The molecule has 1 N–H and O–H groups in total. The van der Waals surface area contributed by atoms with Gasteiger partial charge in [-0.05, 0) is 36.1 Å². The van der Waals surface area contributed by atoms with E-state index in [1.807, 2.05) is 18.3 Å². The summed E-state index contributed by atoms with van der Waals surface area (Å²) >= 11 is 0. The zero-order valence-corrected chi connectivity index (χ0v) is 10.7. The van der Waals surface area contributed by atoms with Gasteiger partial charge in [-0.2, -0.15) is 0 Å². The topological polar surface area (TPSA) is 15.8 Å². The van der Waals surface area contributed by atoms with E-state index in [1.165, 1.54) is 18.4 Å². The molecule has 0 saturated heterocycles. The molecule has 0 aliphatic heterocycles. The summed E-state index contributed by atoms with van der Waals surface area (Å²) in [5.41, 5.74) is 2.27. The van der Waals surface area contributed by atoms with Crippen molar-refractivity contribution in [3.63, 3.8) is 0 Å². The zero-order valence-electron chi connectivity index (χ0n) is 10.7. The normalized spacial score (nSPS) is 24.6. The lowest BCUT2D eigenvalue weighted by atomic mass is 9.76. The Morgan fingerprint density at radius 3 is 2.94 bits per heavy atom. The molecule has 1 aromatic heterocycles. The molecular formula is C15H22FN. The van der Waals surface area contributed by atoms with Gasteiger partial charge in [0.2, 0.25) is 0 Å². The fourth-order valence-corrected chi connectivity index (χ4v) is 2.93. The highest BCUT2D eigenvalue weighted by Crippen LogP contribution is 2.40. The van der Waals surface area contributed by atoms with Crippen LogP contribution >= 0.6 is 0 Å².